The lowest BCUT2D eigenvalue weighted by atomic mass is 9.59. The molecule has 2 aromatic heterocycles. The lowest BCUT2D eigenvalue weighted by molar-refractivity contribution is -0.659. The Kier molecular flexibility index (Phi) is 8.09. The minimum Gasteiger partial charge on any atom is -0.208 e. The Morgan fingerprint density at radius 2 is 0.918 bits per heavy atom. The van der Waals surface area contributed by atoms with Crippen LogP contribution in [0.25, 0.3) is 45.4 Å². The zero-order valence-corrected chi connectivity index (χ0v) is 32.3. The van der Waals surface area contributed by atoms with Crippen LogP contribution in [0.15, 0.2) is 79.0 Å². The molecule has 0 saturated carbocycles. The summed E-state index contributed by atoms with van der Waals surface area (Å²) in [5.74, 6) is 2.01. The lowest BCUT2D eigenvalue weighted by Crippen LogP contribution is -2.42. The van der Waals surface area contributed by atoms with Crippen LogP contribution in [0, 0.1) is 12.3 Å². The normalized spacial score (nSPS) is 16.4. The van der Waals surface area contributed by atoms with E-state index < -0.39 is 0 Å². The maximum atomic E-state index is 5.07. The van der Waals surface area contributed by atoms with Gasteiger partial charge in [0.15, 0.2) is 23.7 Å². The van der Waals surface area contributed by atoms with Crippen molar-refractivity contribution >= 4 is 0 Å². The second-order valence-corrected chi connectivity index (χ2v) is 18.0. The van der Waals surface area contributed by atoms with Gasteiger partial charge in [0.05, 0.1) is 5.56 Å². The summed E-state index contributed by atoms with van der Waals surface area (Å²) >= 11 is 0. The number of pyridine rings is 1. The highest BCUT2D eigenvalue weighted by Gasteiger charge is 2.57. The minimum atomic E-state index is 0.0423. The summed E-state index contributed by atoms with van der Waals surface area (Å²) in [7, 11) is 2.13. The molecule has 0 spiro atoms. The van der Waals surface area contributed by atoms with Gasteiger partial charge in [-0.1, -0.05) is 138 Å². The van der Waals surface area contributed by atoms with Gasteiger partial charge in [-0.15, -0.1) is 0 Å². The van der Waals surface area contributed by atoms with Crippen LogP contribution in [0.5, 0.6) is 0 Å². The van der Waals surface area contributed by atoms with Gasteiger partial charge in [0.2, 0.25) is 5.69 Å². The number of hydrogen-bond donors (Lipinski definition) is 0. The highest BCUT2D eigenvalue weighted by molar-refractivity contribution is 5.70. The van der Waals surface area contributed by atoms with Crippen molar-refractivity contribution in [3.05, 3.63) is 107 Å². The lowest BCUT2D eigenvalue weighted by Gasteiger charge is -2.44. The molecule has 4 nitrogen and oxygen atoms in total. The van der Waals surface area contributed by atoms with Crippen LogP contribution in [0.1, 0.15) is 111 Å². The van der Waals surface area contributed by atoms with E-state index >= 15 is 0 Å². The number of aromatic nitrogens is 4. The van der Waals surface area contributed by atoms with Crippen LogP contribution in [-0.4, -0.2) is 15.0 Å². The van der Waals surface area contributed by atoms with E-state index in [1.807, 2.05) is 0 Å². The number of fused-ring (bicyclic) bond motifs is 1. The zero-order valence-electron chi connectivity index (χ0n) is 32.3. The Labute approximate surface area is 295 Å². The predicted octanol–water partition coefficient (Wildman–Crippen LogP) is 10.9. The van der Waals surface area contributed by atoms with E-state index in [1.54, 1.807) is 0 Å². The van der Waals surface area contributed by atoms with Gasteiger partial charge in [-0.2, -0.15) is 0 Å². The topological polar surface area (TPSA) is 42.6 Å². The zero-order chi connectivity index (χ0) is 35.9. The van der Waals surface area contributed by atoms with E-state index in [4.69, 9.17) is 15.0 Å². The molecule has 49 heavy (non-hydrogen) atoms. The van der Waals surface area contributed by atoms with Crippen molar-refractivity contribution < 1.29 is 4.57 Å². The first-order valence-electron chi connectivity index (χ1n) is 17.8. The Bertz CT molecular complexity index is 1970. The summed E-state index contributed by atoms with van der Waals surface area (Å²) in [4.78, 5) is 15.2. The fourth-order valence-electron chi connectivity index (χ4n) is 7.49. The maximum absolute atomic E-state index is 5.07. The summed E-state index contributed by atoms with van der Waals surface area (Å²) in [5.41, 5.74) is 12.5. The Morgan fingerprint density at radius 3 is 1.33 bits per heavy atom. The van der Waals surface area contributed by atoms with Crippen molar-refractivity contribution in [2.45, 2.75) is 112 Å². The van der Waals surface area contributed by atoms with E-state index in [0.717, 1.165) is 16.7 Å². The summed E-state index contributed by atoms with van der Waals surface area (Å²) in [6, 6.07) is 26.6. The van der Waals surface area contributed by atoms with Gasteiger partial charge in [0.1, 0.15) is 7.05 Å². The number of aryl methyl sites for hydroxylation is 2. The molecule has 0 saturated heterocycles. The maximum Gasteiger partial charge on any atom is 0.212 e. The molecule has 0 bridgehead atoms. The monoisotopic (exact) mass is 651 g/mol. The van der Waals surface area contributed by atoms with Crippen LogP contribution >= 0.6 is 0 Å². The molecule has 5 aromatic rings. The molecular weight excluding hydrogens is 597 g/mol. The van der Waals surface area contributed by atoms with E-state index in [0.29, 0.717) is 17.5 Å². The van der Waals surface area contributed by atoms with Crippen LogP contribution in [0.2, 0.25) is 0 Å². The molecule has 0 N–H and O–H groups in total. The van der Waals surface area contributed by atoms with Crippen molar-refractivity contribution in [2.24, 2.45) is 12.5 Å². The highest BCUT2D eigenvalue weighted by atomic mass is 15.0. The SMILES string of the molecule is Cc1cc2c(cc1-c1ccc(-c3nc(-c4ccc(C(C)(C)C)cc4)nc(-c4ccc(C(C)(C)C)cc4)n3)c[n+]1C)C(C)(C)C(C)(C)C2(C)C. The minimum absolute atomic E-state index is 0.0423. The molecule has 1 aliphatic carbocycles. The van der Waals surface area contributed by atoms with Crippen LogP contribution in [0.3, 0.4) is 0 Å². The first-order chi connectivity index (χ1) is 22.6. The van der Waals surface area contributed by atoms with Crippen molar-refractivity contribution in [3.8, 4) is 45.4 Å². The summed E-state index contributed by atoms with van der Waals surface area (Å²) in [5, 5.41) is 0. The Morgan fingerprint density at radius 1 is 0.531 bits per heavy atom. The standard InChI is InChI=1S/C45H55N4/c1-28-25-35-36(44(10,11)45(12,13)43(35,8)9)26-34(28)37-24-19-31(27-49(37)14)40-47-38(29-15-20-32(21-16-29)41(2,3)4)46-39(48-40)30-17-22-33(23-18-30)42(5,6)7/h15-27H,1-14H3/q+1. The molecule has 0 amide bonds. The van der Waals surface area contributed by atoms with Crippen molar-refractivity contribution in [1.82, 2.24) is 15.0 Å². The molecule has 6 rings (SSSR count). The number of nitrogens with zero attached hydrogens (tertiary/aromatic N) is 4. The van der Waals surface area contributed by atoms with Gasteiger partial charge >= 0.3 is 0 Å². The van der Waals surface area contributed by atoms with Gasteiger partial charge < -0.3 is 0 Å². The van der Waals surface area contributed by atoms with Gasteiger partial charge in [-0.3, -0.25) is 0 Å². The van der Waals surface area contributed by atoms with Gasteiger partial charge in [0.25, 0.3) is 0 Å². The first-order valence-corrected chi connectivity index (χ1v) is 17.8. The highest BCUT2D eigenvalue weighted by Crippen LogP contribution is 2.62. The third kappa shape index (κ3) is 5.81. The molecule has 0 radical (unpaired) electrons. The second-order valence-electron chi connectivity index (χ2n) is 18.0. The van der Waals surface area contributed by atoms with E-state index in [-0.39, 0.29) is 27.1 Å². The number of benzene rings is 3. The number of rotatable bonds is 4. The molecule has 0 aliphatic heterocycles. The quantitative estimate of drug-likeness (QED) is 0.182. The molecule has 1 aliphatic rings. The Balaban J connectivity index is 1.46. The van der Waals surface area contributed by atoms with Crippen LogP contribution < -0.4 is 4.57 Å². The van der Waals surface area contributed by atoms with Gasteiger partial charge in [-0.25, -0.2) is 19.5 Å². The smallest absolute Gasteiger partial charge is 0.208 e. The fourth-order valence-corrected chi connectivity index (χ4v) is 7.49. The third-order valence-corrected chi connectivity index (χ3v) is 12.2. The molecule has 254 valence electrons. The Hall–Kier alpha value is -4.18. The first kappa shape index (κ1) is 34.7. The molecule has 4 heteroatoms. The van der Waals surface area contributed by atoms with Crippen LogP contribution in [0.4, 0.5) is 0 Å². The molecule has 3 aromatic carbocycles. The largest absolute Gasteiger partial charge is 0.212 e. The fraction of sp³-hybridized carbons (Fsp3) is 0.422. The second kappa shape index (κ2) is 11.4. The summed E-state index contributed by atoms with van der Waals surface area (Å²) in [6.07, 6.45) is 2.16. The molecule has 0 fully saturated rings. The molecule has 2 heterocycles. The average Bonchev–Trinajstić information content (AvgIpc) is 3.13. The van der Waals surface area contributed by atoms with Crippen molar-refractivity contribution in [3.63, 3.8) is 0 Å². The third-order valence-electron chi connectivity index (χ3n) is 12.2. The van der Waals surface area contributed by atoms with E-state index in [1.165, 1.54) is 39.1 Å². The summed E-state index contributed by atoms with van der Waals surface area (Å²) in [6.45, 7) is 30.1. The number of hydrogen-bond acceptors (Lipinski definition) is 3. The average molecular weight is 652 g/mol. The van der Waals surface area contributed by atoms with Gasteiger partial charge in [0, 0.05) is 22.8 Å². The predicted molar refractivity (Wildman–Crippen MR) is 205 cm³/mol. The molecular formula is C45H55N4+. The van der Waals surface area contributed by atoms with E-state index in [9.17, 15) is 0 Å². The van der Waals surface area contributed by atoms with Gasteiger partial charge in [-0.05, 0) is 73.9 Å². The molecule has 0 atom stereocenters. The summed E-state index contributed by atoms with van der Waals surface area (Å²) < 4.78 is 2.22. The van der Waals surface area contributed by atoms with Crippen molar-refractivity contribution in [1.29, 1.82) is 0 Å². The van der Waals surface area contributed by atoms with Crippen molar-refractivity contribution in [2.75, 3.05) is 0 Å². The molecule has 0 unspecified atom stereocenters. The van der Waals surface area contributed by atoms with Crippen LogP contribution in [-0.2, 0) is 28.7 Å². The van der Waals surface area contributed by atoms with E-state index in [2.05, 4.69) is 181 Å².